The van der Waals surface area contributed by atoms with Gasteiger partial charge in [0.25, 0.3) is 0 Å². The Bertz CT molecular complexity index is 704. The molecule has 0 amide bonds. The number of methoxy groups -OCH3 is 1. The zero-order valence-corrected chi connectivity index (χ0v) is 19.7. The summed E-state index contributed by atoms with van der Waals surface area (Å²) in [7, 11) is -1.49. The van der Waals surface area contributed by atoms with Crippen LogP contribution in [0.25, 0.3) is 0 Å². The number of hydrogen-bond acceptors (Lipinski definition) is 4. The van der Waals surface area contributed by atoms with E-state index in [1.54, 1.807) is 21.0 Å². The fraction of sp³-hybridized carbons (Fsp3) is 0.611. The Morgan fingerprint density at radius 2 is 1.92 bits per heavy atom. The van der Waals surface area contributed by atoms with Crippen molar-refractivity contribution in [1.29, 1.82) is 0 Å². The number of ether oxygens (including phenoxy) is 1. The Labute approximate surface area is 175 Å². The molecule has 2 N–H and O–H groups in total. The first-order chi connectivity index (χ1) is 11.6. The van der Waals surface area contributed by atoms with Crippen molar-refractivity contribution in [2.45, 2.75) is 38.9 Å². The first-order valence-electron chi connectivity index (χ1n) is 8.46. The van der Waals surface area contributed by atoms with Gasteiger partial charge in [-0.3, -0.25) is 4.99 Å². The van der Waals surface area contributed by atoms with E-state index in [4.69, 9.17) is 4.74 Å². The smallest absolute Gasteiger partial charge is 0.191 e. The number of hydrogen-bond donors (Lipinski definition) is 2. The van der Waals surface area contributed by atoms with Crippen LogP contribution in [-0.4, -0.2) is 52.1 Å². The molecule has 0 aliphatic rings. The maximum atomic E-state index is 11.8. The van der Waals surface area contributed by atoms with E-state index in [0.717, 1.165) is 17.7 Å². The maximum absolute atomic E-state index is 11.8. The van der Waals surface area contributed by atoms with Crippen molar-refractivity contribution >= 4 is 39.8 Å². The molecular weight excluding hydrogens is 465 g/mol. The number of aryl methyl sites for hydroxylation is 1. The van der Waals surface area contributed by atoms with Gasteiger partial charge in [0, 0.05) is 19.3 Å². The predicted molar refractivity (Wildman–Crippen MR) is 120 cm³/mol. The second-order valence-electron chi connectivity index (χ2n) is 6.71. The van der Waals surface area contributed by atoms with Crippen molar-refractivity contribution in [3.8, 4) is 5.75 Å². The van der Waals surface area contributed by atoms with E-state index in [-0.39, 0.29) is 30.5 Å². The molecule has 0 aliphatic heterocycles. The minimum Gasteiger partial charge on any atom is -0.496 e. The Hall–Kier alpha value is -1.03. The van der Waals surface area contributed by atoms with Gasteiger partial charge in [0.05, 0.1) is 18.4 Å². The SMILES string of the molecule is CCNC(=NCC(C)(C)S(C)(=O)=O)NCCc1ccc(C)c(OC)c1.I. The largest absolute Gasteiger partial charge is 0.496 e. The van der Waals surface area contributed by atoms with Crippen LogP contribution >= 0.6 is 24.0 Å². The summed E-state index contributed by atoms with van der Waals surface area (Å²) < 4.78 is 28.0. The fourth-order valence-corrected chi connectivity index (χ4v) is 2.37. The molecule has 0 radical (unpaired) electrons. The van der Waals surface area contributed by atoms with Gasteiger partial charge in [-0.25, -0.2) is 8.42 Å². The Morgan fingerprint density at radius 1 is 1.27 bits per heavy atom. The molecule has 1 rings (SSSR count). The second-order valence-corrected chi connectivity index (χ2v) is 9.36. The highest BCUT2D eigenvalue weighted by atomic mass is 127. The van der Waals surface area contributed by atoms with E-state index in [9.17, 15) is 8.42 Å². The third-order valence-electron chi connectivity index (χ3n) is 4.14. The van der Waals surface area contributed by atoms with Crippen LogP contribution in [-0.2, 0) is 16.3 Å². The summed E-state index contributed by atoms with van der Waals surface area (Å²) in [4.78, 5) is 4.42. The van der Waals surface area contributed by atoms with Gasteiger partial charge in [-0.1, -0.05) is 12.1 Å². The summed E-state index contributed by atoms with van der Waals surface area (Å²) in [6.07, 6.45) is 2.06. The molecule has 0 saturated carbocycles. The standard InChI is InChI=1S/C18H31N3O3S.HI/c1-7-19-17(21-13-18(3,4)25(6,22)23)20-11-10-15-9-8-14(2)16(12-15)24-5;/h8-9,12H,7,10-11,13H2,1-6H3,(H2,19,20,21);1H. The molecule has 150 valence electrons. The number of rotatable bonds is 8. The van der Waals surface area contributed by atoms with Gasteiger partial charge in [-0.05, 0) is 51.3 Å². The number of nitrogens with one attached hydrogen (secondary N) is 2. The van der Waals surface area contributed by atoms with Crippen LogP contribution in [0.1, 0.15) is 31.9 Å². The van der Waals surface area contributed by atoms with E-state index in [1.807, 2.05) is 26.0 Å². The van der Waals surface area contributed by atoms with Crippen LogP contribution in [0.3, 0.4) is 0 Å². The van der Waals surface area contributed by atoms with Crippen LogP contribution < -0.4 is 15.4 Å². The molecule has 26 heavy (non-hydrogen) atoms. The van der Waals surface area contributed by atoms with Crippen LogP contribution in [0.2, 0.25) is 0 Å². The van der Waals surface area contributed by atoms with Crippen LogP contribution in [0.5, 0.6) is 5.75 Å². The molecule has 0 heterocycles. The first-order valence-corrected chi connectivity index (χ1v) is 10.3. The number of guanidine groups is 1. The number of sulfone groups is 1. The monoisotopic (exact) mass is 497 g/mol. The lowest BCUT2D eigenvalue weighted by Crippen LogP contribution is -2.41. The molecule has 0 saturated heterocycles. The molecule has 0 fully saturated rings. The van der Waals surface area contributed by atoms with E-state index in [1.165, 1.54) is 11.8 Å². The third kappa shape index (κ3) is 7.69. The average molecular weight is 497 g/mol. The number of halogens is 1. The van der Waals surface area contributed by atoms with Gasteiger partial charge in [0.2, 0.25) is 0 Å². The number of benzene rings is 1. The van der Waals surface area contributed by atoms with E-state index in [0.29, 0.717) is 19.0 Å². The van der Waals surface area contributed by atoms with Gasteiger partial charge in [-0.15, -0.1) is 24.0 Å². The van der Waals surface area contributed by atoms with Crippen LogP contribution in [0.15, 0.2) is 23.2 Å². The minimum atomic E-state index is -3.16. The van der Waals surface area contributed by atoms with Gasteiger partial charge in [0.1, 0.15) is 5.75 Å². The molecule has 0 bridgehead atoms. The van der Waals surface area contributed by atoms with Gasteiger partial charge in [-0.2, -0.15) is 0 Å². The molecule has 0 aromatic heterocycles. The zero-order chi connectivity index (χ0) is 19.1. The number of aliphatic imine (C=N–C) groups is 1. The quantitative estimate of drug-likeness (QED) is 0.328. The molecule has 0 aliphatic carbocycles. The molecule has 0 unspecified atom stereocenters. The summed E-state index contributed by atoms with van der Waals surface area (Å²) >= 11 is 0. The summed E-state index contributed by atoms with van der Waals surface area (Å²) in [5, 5.41) is 6.39. The van der Waals surface area contributed by atoms with Gasteiger partial charge < -0.3 is 15.4 Å². The average Bonchev–Trinajstić information content (AvgIpc) is 2.53. The molecular formula is C18H32IN3O3S. The predicted octanol–water partition coefficient (Wildman–Crippen LogP) is 2.54. The highest BCUT2D eigenvalue weighted by Crippen LogP contribution is 2.19. The molecule has 0 atom stereocenters. The Balaban J connectivity index is 0.00000625. The lowest BCUT2D eigenvalue weighted by Gasteiger charge is -2.21. The van der Waals surface area contributed by atoms with E-state index >= 15 is 0 Å². The minimum absolute atomic E-state index is 0. The Morgan fingerprint density at radius 3 is 2.46 bits per heavy atom. The second kappa shape index (κ2) is 11.0. The maximum Gasteiger partial charge on any atom is 0.191 e. The molecule has 6 nitrogen and oxygen atoms in total. The van der Waals surface area contributed by atoms with Crippen LogP contribution in [0.4, 0.5) is 0 Å². The highest BCUT2D eigenvalue weighted by Gasteiger charge is 2.29. The van der Waals surface area contributed by atoms with Crippen molar-refractivity contribution in [3.05, 3.63) is 29.3 Å². The zero-order valence-electron chi connectivity index (χ0n) is 16.5. The number of nitrogens with zero attached hydrogens (tertiary/aromatic N) is 1. The summed E-state index contributed by atoms with van der Waals surface area (Å²) in [6.45, 7) is 8.98. The topological polar surface area (TPSA) is 79.8 Å². The van der Waals surface area contributed by atoms with Crippen molar-refractivity contribution in [3.63, 3.8) is 0 Å². The summed E-state index contributed by atoms with van der Waals surface area (Å²) in [5.41, 5.74) is 2.28. The lowest BCUT2D eigenvalue weighted by molar-refractivity contribution is 0.411. The van der Waals surface area contributed by atoms with E-state index in [2.05, 4.69) is 21.7 Å². The third-order valence-corrected chi connectivity index (χ3v) is 6.28. The van der Waals surface area contributed by atoms with Crippen LogP contribution in [0, 0.1) is 6.92 Å². The molecule has 8 heteroatoms. The van der Waals surface area contributed by atoms with E-state index < -0.39 is 14.6 Å². The van der Waals surface area contributed by atoms with Crippen molar-refractivity contribution in [2.75, 3.05) is 33.0 Å². The molecule has 1 aromatic rings. The Kier molecular flexibility index (Phi) is 10.5. The summed E-state index contributed by atoms with van der Waals surface area (Å²) in [6, 6.07) is 6.16. The summed E-state index contributed by atoms with van der Waals surface area (Å²) in [5.74, 6) is 1.51. The molecule has 0 spiro atoms. The highest BCUT2D eigenvalue weighted by molar-refractivity contribution is 14.0. The van der Waals surface area contributed by atoms with Gasteiger partial charge in [0.15, 0.2) is 15.8 Å². The van der Waals surface area contributed by atoms with Crippen molar-refractivity contribution in [1.82, 2.24) is 10.6 Å². The van der Waals surface area contributed by atoms with Crippen molar-refractivity contribution < 1.29 is 13.2 Å². The molecule has 1 aromatic carbocycles. The van der Waals surface area contributed by atoms with Crippen molar-refractivity contribution in [2.24, 2.45) is 4.99 Å². The lowest BCUT2D eigenvalue weighted by atomic mass is 10.1. The fourth-order valence-electron chi connectivity index (χ4n) is 2.07. The normalized spacial score (nSPS) is 12.3. The van der Waals surface area contributed by atoms with Gasteiger partial charge >= 0.3 is 0 Å². The first kappa shape index (κ1) is 25.0.